The number of aromatic nitrogens is 4. The van der Waals surface area contributed by atoms with Gasteiger partial charge in [0.1, 0.15) is 6.54 Å². The maximum atomic E-state index is 12.7. The second-order valence-electron chi connectivity index (χ2n) is 7.30. The smallest absolute Gasteiger partial charge is 0.350 e. The van der Waals surface area contributed by atoms with Crippen LogP contribution in [0.15, 0.2) is 35.4 Å². The molecule has 0 bridgehead atoms. The number of amides is 1. The second kappa shape index (κ2) is 8.24. The molecule has 2 aromatic heterocycles. The van der Waals surface area contributed by atoms with Gasteiger partial charge in [-0.3, -0.25) is 4.79 Å². The number of halogens is 1. The van der Waals surface area contributed by atoms with Crippen LogP contribution >= 0.6 is 11.6 Å². The number of rotatable bonds is 4. The number of anilines is 2. The summed E-state index contributed by atoms with van der Waals surface area (Å²) in [6, 6.07) is 5.28. The van der Waals surface area contributed by atoms with Gasteiger partial charge in [0.2, 0.25) is 11.6 Å². The van der Waals surface area contributed by atoms with E-state index in [1.54, 1.807) is 24.5 Å². The molecule has 0 radical (unpaired) electrons. The molecule has 1 aliphatic heterocycles. The molecule has 1 fully saturated rings. The minimum absolute atomic E-state index is 0.189. The van der Waals surface area contributed by atoms with Crippen LogP contribution in [0.5, 0.6) is 0 Å². The number of nitrogens with one attached hydrogen (secondary N) is 1. The molecule has 0 spiro atoms. The van der Waals surface area contributed by atoms with Crippen LogP contribution in [0.4, 0.5) is 11.5 Å². The van der Waals surface area contributed by atoms with Gasteiger partial charge in [0.25, 0.3) is 0 Å². The topological polar surface area (TPSA) is 84.5 Å². The zero-order valence-corrected chi connectivity index (χ0v) is 17.0. The van der Waals surface area contributed by atoms with Crippen molar-refractivity contribution in [2.45, 2.75) is 39.2 Å². The van der Waals surface area contributed by atoms with E-state index >= 15 is 0 Å². The predicted octanol–water partition coefficient (Wildman–Crippen LogP) is 2.87. The first-order chi connectivity index (χ1) is 14.0. The van der Waals surface area contributed by atoms with Gasteiger partial charge in [0.05, 0.1) is 0 Å². The van der Waals surface area contributed by atoms with Gasteiger partial charge in [-0.15, -0.1) is 5.10 Å². The van der Waals surface area contributed by atoms with Gasteiger partial charge < -0.3 is 10.2 Å². The van der Waals surface area contributed by atoms with Crippen molar-refractivity contribution in [2.24, 2.45) is 0 Å². The summed E-state index contributed by atoms with van der Waals surface area (Å²) in [7, 11) is 0. The molecule has 0 atom stereocenters. The molecule has 3 heterocycles. The number of nitrogens with zero attached hydrogens (tertiary/aromatic N) is 5. The monoisotopic (exact) mass is 414 g/mol. The molecule has 29 heavy (non-hydrogen) atoms. The van der Waals surface area contributed by atoms with Gasteiger partial charge in [-0.1, -0.05) is 30.5 Å². The molecule has 8 nitrogen and oxygen atoms in total. The number of hydrogen-bond donors (Lipinski definition) is 1. The van der Waals surface area contributed by atoms with Crippen molar-refractivity contribution in [1.82, 2.24) is 19.2 Å². The molecule has 0 unspecified atom stereocenters. The van der Waals surface area contributed by atoms with Crippen molar-refractivity contribution in [3.8, 4) is 0 Å². The van der Waals surface area contributed by atoms with Gasteiger partial charge in [-0.25, -0.2) is 18.9 Å². The Labute approximate surface area is 173 Å². The Bertz CT molecular complexity index is 1100. The van der Waals surface area contributed by atoms with Crippen LogP contribution in [0.3, 0.4) is 0 Å². The number of carbonyl (C=O) groups is 1. The largest absolute Gasteiger partial charge is 0.353 e. The lowest BCUT2D eigenvalue weighted by Gasteiger charge is -2.20. The van der Waals surface area contributed by atoms with Crippen molar-refractivity contribution in [3.05, 3.63) is 51.7 Å². The molecular formula is C20H23ClN6O2. The third-order valence-electron chi connectivity index (χ3n) is 5.14. The molecular weight excluding hydrogens is 392 g/mol. The zero-order chi connectivity index (χ0) is 20.4. The number of carbonyl (C=O) groups excluding carboxylic acids is 1. The fourth-order valence-corrected chi connectivity index (χ4v) is 3.73. The molecule has 9 heteroatoms. The first-order valence-electron chi connectivity index (χ1n) is 9.78. The lowest BCUT2D eigenvalue weighted by atomic mass is 10.2. The molecule has 1 amide bonds. The fraction of sp³-hybridized carbons (Fsp3) is 0.400. The summed E-state index contributed by atoms with van der Waals surface area (Å²) in [6.45, 7) is 3.48. The maximum absolute atomic E-state index is 12.7. The van der Waals surface area contributed by atoms with Gasteiger partial charge >= 0.3 is 5.69 Å². The van der Waals surface area contributed by atoms with Gasteiger partial charge in [-0.05, 0) is 37.5 Å². The molecule has 0 saturated carbocycles. The highest BCUT2D eigenvalue weighted by Crippen LogP contribution is 2.21. The first-order valence-corrected chi connectivity index (χ1v) is 10.2. The summed E-state index contributed by atoms with van der Waals surface area (Å²) < 4.78 is 2.62. The summed E-state index contributed by atoms with van der Waals surface area (Å²) in [4.78, 5) is 31.8. The Morgan fingerprint density at radius 2 is 1.97 bits per heavy atom. The minimum atomic E-state index is -0.365. The molecule has 0 aliphatic carbocycles. The van der Waals surface area contributed by atoms with Crippen LogP contribution in [-0.4, -0.2) is 38.2 Å². The highest BCUT2D eigenvalue weighted by atomic mass is 35.5. The average Bonchev–Trinajstić information content (AvgIpc) is 2.88. The van der Waals surface area contributed by atoms with E-state index in [1.807, 2.05) is 13.0 Å². The summed E-state index contributed by atoms with van der Waals surface area (Å²) in [5.74, 6) is 0.343. The molecule has 152 valence electrons. The Morgan fingerprint density at radius 1 is 1.21 bits per heavy atom. The molecule has 4 rings (SSSR count). The van der Waals surface area contributed by atoms with Crippen LogP contribution in [0.2, 0.25) is 5.02 Å². The molecule has 1 saturated heterocycles. The van der Waals surface area contributed by atoms with Crippen molar-refractivity contribution < 1.29 is 4.79 Å². The Balaban J connectivity index is 1.58. The number of aryl methyl sites for hydroxylation is 1. The van der Waals surface area contributed by atoms with E-state index < -0.39 is 0 Å². The first kappa shape index (κ1) is 19.4. The van der Waals surface area contributed by atoms with E-state index in [1.165, 1.54) is 21.9 Å². The Morgan fingerprint density at radius 3 is 2.69 bits per heavy atom. The van der Waals surface area contributed by atoms with Gasteiger partial charge in [-0.2, -0.15) is 0 Å². The predicted molar refractivity (Wildman–Crippen MR) is 113 cm³/mol. The van der Waals surface area contributed by atoms with E-state index in [-0.39, 0.29) is 18.1 Å². The third kappa shape index (κ3) is 4.12. The summed E-state index contributed by atoms with van der Waals surface area (Å²) >= 11 is 6.11. The van der Waals surface area contributed by atoms with E-state index in [2.05, 4.69) is 20.3 Å². The highest BCUT2D eigenvalue weighted by molar-refractivity contribution is 6.31. The van der Waals surface area contributed by atoms with Crippen molar-refractivity contribution >= 4 is 34.7 Å². The van der Waals surface area contributed by atoms with E-state index in [0.29, 0.717) is 22.2 Å². The lowest BCUT2D eigenvalue weighted by Crippen LogP contribution is -2.28. The lowest BCUT2D eigenvalue weighted by molar-refractivity contribution is -0.117. The van der Waals surface area contributed by atoms with Crippen LogP contribution in [0.1, 0.15) is 31.2 Å². The minimum Gasteiger partial charge on any atom is -0.353 e. The summed E-state index contributed by atoms with van der Waals surface area (Å²) in [5.41, 5.74) is 1.62. The normalized spacial score (nSPS) is 14.8. The van der Waals surface area contributed by atoms with Crippen LogP contribution in [0.25, 0.3) is 5.65 Å². The number of hydrogen-bond acceptors (Lipinski definition) is 5. The summed E-state index contributed by atoms with van der Waals surface area (Å²) in [6.07, 6.45) is 7.77. The molecule has 3 aromatic rings. The van der Waals surface area contributed by atoms with Gasteiger partial charge in [0.15, 0.2) is 5.82 Å². The van der Waals surface area contributed by atoms with Crippen LogP contribution in [0, 0.1) is 6.92 Å². The highest BCUT2D eigenvalue weighted by Gasteiger charge is 2.19. The summed E-state index contributed by atoms with van der Waals surface area (Å²) in [5, 5.41) is 7.74. The van der Waals surface area contributed by atoms with E-state index in [4.69, 9.17) is 11.6 Å². The fourth-order valence-electron chi connectivity index (χ4n) is 3.55. The van der Waals surface area contributed by atoms with Crippen molar-refractivity contribution in [2.75, 3.05) is 23.3 Å². The maximum Gasteiger partial charge on any atom is 0.350 e. The third-order valence-corrected chi connectivity index (χ3v) is 5.54. The average molecular weight is 415 g/mol. The van der Waals surface area contributed by atoms with E-state index in [9.17, 15) is 9.59 Å². The quantitative estimate of drug-likeness (QED) is 0.709. The SMILES string of the molecule is Cc1ccc(NC(=O)Cn2nc3c(N4CCCCCC4)nccn3c2=O)cc1Cl. The second-order valence-corrected chi connectivity index (χ2v) is 7.71. The zero-order valence-electron chi connectivity index (χ0n) is 16.3. The van der Waals surface area contributed by atoms with Crippen LogP contribution in [-0.2, 0) is 11.3 Å². The standard InChI is InChI=1S/C20H23ClN6O2/c1-14-6-7-15(12-16(14)21)23-17(28)13-27-20(29)26-11-8-22-18(19(26)24-27)25-9-4-2-3-5-10-25/h6-8,11-12H,2-5,9-10,13H2,1H3,(H,23,28). The van der Waals surface area contributed by atoms with Crippen molar-refractivity contribution in [1.29, 1.82) is 0 Å². The molecule has 1 aromatic carbocycles. The Hall–Kier alpha value is -2.87. The van der Waals surface area contributed by atoms with E-state index in [0.717, 1.165) is 31.5 Å². The van der Waals surface area contributed by atoms with Gasteiger partial charge in [0, 0.05) is 36.2 Å². The molecule has 1 N–H and O–H groups in total. The van der Waals surface area contributed by atoms with Crippen LogP contribution < -0.4 is 15.9 Å². The number of benzene rings is 1. The number of fused-ring (bicyclic) bond motifs is 1. The Kier molecular flexibility index (Phi) is 5.53. The molecule has 1 aliphatic rings. The van der Waals surface area contributed by atoms with Crippen molar-refractivity contribution in [3.63, 3.8) is 0 Å².